The molecule has 0 heterocycles. The average molecular weight is 234 g/mol. The van der Waals surface area contributed by atoms with E-state index in [0.717, 1.165) is 31.2 Å². The molecule has 0 saturated heterocycles. The number of benzene rings is 1. The Bertz CT molecular complexity index is 402. The maximum absolute atomic E-state index is 11.4. The lowest BCUT2D eigenvalue weighted by atomic mass is 10.0. The van der Waals surface area contributed by atoms with Crippen LogP contribution in [0.4, 0.5) is 0 Å². The minimum Gasteiger partial charge on any atom is -0.507 e. The van der Waals surface area contributed by atoms with E-state index < -0.39 is 5.91 Å². The van der Waals surface area contributed by atoms with Gasteiger partial charge < -0.3 is 5.11 Å². The fourth-order valence-corrected chi connectivity index (χ4v) is 1.62. The van der Waals surface area contributed by atoms with Gasteiger partial charge in [0.2, 0.25) is 0 Å². The standard InChI is InChI=1S/C13H18N2O2/c1-2-3-4-5-6-10-7-8-12(16)11(9-10)13(17)15-14/h2,7-9,16H,1,3-6,14H2,(H,15,17). The third-order valence-corrected chi connectivity index (χ3v) is 2.56. The Labute approximate surface area is 101 Å². The fourth-order valence-electron chi connectivity index (χ4n) is 1.62. The molecule has 1 aromatic rings. The van der Waals surface area contributed by atoms with Gasteiger partial charge in [-0.05, 0) is 43.4 Å². The third-order valence-electron chi connectivity index (χ3n) is 2.56. The Morgan fingerprint density at radius 1 is 1.47 bits per heavy atom. The maximum atomic E-state index is 11.4. The van der Waals surface area contributed by atoms with E-state index in [-0.39, 0.29) is 11.3 Å². The lowest BCUT2D eigenvalue weighted by Gasteiger charge is -2.06. The first-order chi connectivity index (χ1) is 8.19. The minimum absolute atomic E-state index is 0.0530. The number of aryl methyl sites for hydroxylation is 1. The predicted octanol–water partition coefficient (Wildman–Crippen LogP) is 1.89. The highest BCUT2D eigenvalue weighted by Crippen LogP contribution is 2.19. The third kappa shape index (κ3) is 3.92. The topological polar surface area (TPSA) is 75.3 Å². The van der Waals surface area contributed by atoms with Gasteiger partial charge in [0.25, 0.3) is 5.91 Å². The summed E-state index contributed by atoms with van der Waals surface area (Å²) in [5.41, 5.74) is 3.25. The molecule has 0 saturated carbocycles. The number of phenols is 1. The van der Waals surface area contributed by atoms with Gasteiger partial charge in [0.1, 0.15) is 5.75 Å². The van der Waals surface area contributed by atoms with Gasteiger partial charge in [0, 0.05) is 0 Å². The summed E-state index contributed by atoms with van der Waals surface area (Å²) in [6.45, 7) is 3.67. The van der Waals surface area contributed by atoms with Gasteiger partial charge in [-0.3, -0.25) is 10.2 Å². The van der Waals surface area contributed by atoms with E-state index in [1.165, 1.54) is 6.07 Å². The van der Waals surface area contributed by atoms with Gasteiger partial charge in [0.15, 0.2) is 0 Å². The molecule has 1 amide bonds. The highest BCUT2D eigenvalue weighted by Gasteiger charge is 2.10. The minimum atomic E-state index is -0.476. The van der Waals surface area contributed by atoms with Crippen LogP contribution in [0, 0.1) is 0 Å². The first-order valence-corrected chi connectivity index (χ1v) is 5.62. The average Bonchev–Trinajstić information content (AvgIpc) is 2.35. The van der Waals surface area contributed by atoms with E-state index in [1.807, 2.05) is 17.6 Å². The van der Waals surface area contributed by atoms with Crippen molar-refractivity contribution >= 4 is 5.91 Å². The summed E-state index contributed by atoms with van der Waals surface area (Å²) in [6.07, 6.45) is 5.86. The Hall–Kier alpha value is -1.81. The number of aromatic hydroxyl groups is 1. The Balaban J connectivity index is 2.68. The number of hydrazine groups is 1. The van der Waals surface area contributed by atoms with Crippen LogP contribution < -0.4 is 11.3 Å². The Morgan fingerprint density at radius 3 is 2.88 bits per heavy atom. The van der Waals surface area contributed by atoms with Gasteiger partial charge in [-0.1, -0.05) is 12.1 Å². The number of amides is 1. The summed E-state index contributed by atoms with van der Waals surface area (Å²) < 4.78 is 0. The van der Waals surface area contributed by atoms with Crippen molar-refractivity contribution in [2.75, 3.05) is 0 Å². The molecule has 0 aliphatic heterocycles. The van der Waals surface area contributed by atoms with Crippen LogP contribution in [0.1, 0.15) is 35.2 Å². The van der Waals surface area contributed by atoms with Crippen molar-refractivity contribution in [1.29, 1.82) is 0 Å². The van der Waals surface area contributed by atoms with Gasteiger partial charge in [0.05, 0.1) is 5.56 Å². The summed E-state index contributed by atoms with van der Waals surface area (Å²) >= 11 is 0. The SMILES string of the molecule is C=CCCCCc1ccc(O)c(C(=O)NN)c1. The zero-order valence-electron chi connectivity index (χ0n) is 9.78. The number of unbranched alkanes of at least 4 members (excludes halogenated alkanes) is 2. The number of hydrogen-bond donors (Lipinski definition) is 3. The number of nitrogen functional groups attached to an aromatic ring is 1. The second-order valence-corrected chi connectivity index (χ2v) is 3.86. The predicted molar refractivity (Wildman–Crippen MR) is 67.5 cm³/mol. The van der Waals surface area contributed by atoms with Crippen molar-refractivity contribution in [2.24, 2.45) is 5.84 Å². The number of carbonyl (C=O) groups excluding carboxylic acids is 1. The molecule has 4 N–H and O–H groups in total. The molecule has 4 heteroatoms. The van der Waals surface area contributed by atoms with Crippen LogP contribution >= 0.6 is 0 Å². The molecule has 1 rings (SSSR count). The largest absolute Gasteiger partial charge is 0.507 e. The maximum Gasteiger partial charge on any atom is 0.268 e. The number of nitrogens with one attached hydrogen (secondary N) is 1. The Morgan fingerprint density at radius 2 is 2.24 bits per heavy atom. The lowest BCUT2D eigenvalue weighted by Crippen LogP contribution is -2.30. The molecule has 0 aliphatic carbocycles. The molecule has 0 unspecified atom stereocenters. The molecule has 0 fully saturated rings. The fraction of sp³-hybridized carbons (Fsp3) is 0.308. The number of allylic oxidation sites excluding steroid dienone is 1. The molecular formula is C13H18N2O2. The van der Waals surface area contributed by atoms with E-state index in [9.17, 15) is 9.90 Å². The van der Waals surface area contributed by atoms with Crippen molar-refractivity contribution in [1.82, 2.24) is 5.43 Å². The summed E-state index contributed by atoms with van der Waals surface area (Å²) in [4.78, 5) is 11.4. The summed E-state index contributed by atoms with van der Waals surface area (Å²) in [6, 6.07) is 5.01. The molecule has 4 nitrogen and oxygen atoms in total. The van der Waals surface area contributed by atoms with Gasteiger partial charge in [-0.2, -0.15) is 0 Å². The van der Waals surface area contributed by atoms with E-state index in [2.05, 4.69) is 6.58 Å². The molecule has 1 aromatic carbocycles. The van der Waals surface area contributed by atoms with Crippen LogP contribution in [-0.4, -0.2) is 11.0 Å². The number of carbonyl (C=O) groups is 1. The second kappa shape index (κ2) is 6.70. The molecule has 17 heavy (non-hydrogen) atoms. The van der Waals surface area contributed by atoms with Crippen molar-refractivity contribution in [3.63, 3.8) is 0 Å². The van der Waals surface area contributed by atoms with Crippen molar-refractivity contribution in [3.8, 4) is 5.75 Å². The molecule has 0 spiro atoms. The molecule has 0 aromatic heterocycles. The highest BCUT2D eigenvalue weighted by atomic mass is 16.3. The molecule has 0 aliphatic rings. The lowest BCUT2D eigenvalue weighted by molar-refractivity contribution is 0.0951. The smallest absolute Gasteiger partial charge is 0.268 e. The first kappa shape index (κ1) is 13.3. The monoisotopic (exact) mass is 234 g/mol. The summed E-state index contributed by atoms with van der Waals surface area (Å²) in [5.74, 6) is 4.51. The zero-order valence-corrected chi connectivity index (χ0v) is 9.78. The summed E-state index contributed by atoms with van der Waals surface area (Å²) in [5, 5.41) is 9.52. The number of rotatable bonds is 6. The van der Waals surface area contributed by atoms with Crippen molar-refractivity contribution < 1.29 is 9.90 Å². The van der Waals surface area contributed by atoms with E-state index in [1.54, 1.807) is 6.07 Å². The number of phenolic OH excluding ortho intramolecular Hbond substituents is 1. The first-order valence-electron chi connectivity index (χ1n) is 5.62. The highest BCUT2D eigenvalue weighted by molar-refractivity contribution is 5.96. The van der Waals surface area contributed by atoms with Gasteiger partial charge >= 0.3 is 0 Å². The number of nitrogens with two attached hydrogens (primary N) is 1. The zero-order chi connectivity index (χ0) is 12.7. The Kier molecular flexibility index (Phi) is 5.23. The van der Waals surface area contributed by atoms with Crippen LogP contribution in [0.25, 0.3) is 0 Å². The van der Waals surface area contributed by atoms with E-state index in [0.29, 0.717) is 0 Å². The normalized spacial score (nSPS) is 9.94. The summed E-state index contributed by atoms with van der Waals surface area (Å²) in [7, 11) is 0. The van der Waals surface area contributed by atoms with Gasteiger partial charge in [-0.25, -0.2) is 5.84 Å². The number of hydrogen-bond acceptors (Lipinski definition) is 3. The molecule has 0 radical (unpaired) electrons. The quantitative estimate of drug-likeness (QED) is 0.231. The van der Waals surface area contributed by atoms with Crippen molar-refractivity contribution in [3.05, 3.63) is 42.0 Å². The molecule has 0 bridgehead atoms. The van der Waals surface area contributed by atoms with Gasteiger partial charge in [-0.15, -0.1) is 6.58 Å². The van der Waals surface area contributed by atoms with Crippen LogP contribution in [0.2, 0.25) is 0 Å². The second-order valence-electron chi connectivity index (χ2n) is 3.86. The van der Waals surface area contributed by atoms with Crippen LogP contribution in [0.15, 0.2) is 30.9 Å². The van der Waals surface area contributed by atoms with Crippen LogP contribution in [0.5, 0.6) is 5.75 Å². The van der Waals surface area contributed by atoms with E-state index in [4.69, 9.17) is 5.84 Å². The van der Waals surface area contributed by atoms with Crippen molar-refractivity contribution in [2.45, 2.75) is 25.7 Å². The van der Waals surface area contributed by atoms with Crippen LogP contribution in [-0.2, 0) is 6.42 Å². The molecule has 92 valence electrons. The molecular weight excluding hydrogens is 216 g/mol. The molecule has 0 atom stereocenters. The van der Waals surface area contributed by atoms with Crippen LogP contribution in [0.3, 0.4) is 0 Å². The van der Waals surface area contributed by atoms with E-state index >= 15 is 0 Å².